The van der Waals surface area contributed by atoms with Gasteiger partial charge in [0.25, 0.3) is 0 Å². The van der Waals surface area contributed by atoms with E-state index >= 15 is 0 Å². The number of rotatable bonds is 6. The molecule has 0 N–H and O–H groups in total. The molecule has 0 atom stereocenters. The molecular weight excluding hydrogens is 168 g/mol. The van der Waals surface area contributed by atoms with Gasteiger partial charge in [0.1, 0.15) is 5.94 Å². The quantitative estimate of drug-likeness (QED) is 0.271. The van der Waals surface area contributed by atoms with Crippen molar-refractivity contribution in [1.82, 2.24) is 0 Å². The standard InChI is InChI=1S/C10H14O3/c1-3-4-5-6-9(8-11)7-10(12)13-2/h3H,1,4-7H2,2H3. The number of carbonyl (C=O) groups excluding carboxylic acids is 2. The summed E-state index contributed by atoms with van der Waals surface area (Å²) >= 11 is 0. The van der Waals surface area contributed by atoms with E-state index in [4.69, 9.17) is 0 Å². The van der Waals surface area contributed by atoms with Gasteiger partial charge in [0.2, 0.25) is 0 Å². The first-order valence-corrected chi connectivity index (χ1v) is 4.15. The Kier molecular flexibility index (Phi) is 6.56. The minimum Gasteiger partial charge on any atom is -0.469 e. The van der Waals surface area contributed by atoms with Gasteiger partial charge in [0.05, 0.1) is 13.5 Å². The molecule has 0 spiro atoms. The lowest BCUT2D eigenvalue weighted by atomic mass is 10.1. The van der Waals surface area contributed by atoms with Crippen molar-refractivity contribution in [3.8, 4) is 0 Å². The van der Waals surface area contributed by atoms with Crippen molar-refractivity contribution in [3.05, 3.63) is 18.2 Å². The van der Waals surface area contributed by atoms with Crippen LogP contribution in [0.5, 0.6) is 0 Å². The molecule has 0 aromatic heterocycles. The fraction of sp³-hybridized carbons (Fsp3) is 0.500. The molecule has 0 rings (SSSR count). The highest BCUT2D eigenvalue weighted by atomic mass is 16.5. The van der Waals surface area contributed by atoms with E-state index in [-0.39, 0.29) is 6.42 Å². The first-order chi connectivity index (χ1) is 6.24. The van der Waals surface area contributed by atoms with Gasteiger partial charge in [0, 0.05) is 5.57 Å². The summed E-state index contributed by atoms with van der Waals surface area (Å²) in [5, 5.41) is 0. The molecule has 13 heavy (non-hydrogen) atoms. The number of carbonyl (C=O) groups is 1. The molecule has 0 radical (unpaired) electrons. The fourth-order valence-corrected chi connectivity index (χ4v) is 0.882. The Morgan fingerprint density at radius 3 is 2.77 bits per heavy atom. The highest BCUT2D eigenvalue weighted by Gasteiger charge is 2.05. The van der Waals surface area contributed by atoms with Crippen molar-refractivity contribution >= 4 is 11.9 Å². The minimum atomic E-state index is -0.392. The molecule has 0 aliphatic heterocycles. The number of hydrogen-bond donors (Lipinski definition) is 0. The average Bonchev–Trinajstić information content (AvgIpc) is 2.16. The maximum absolute atomic E-state index is 10.8. The fourth-order valence-electron chi connectivity index (χ4n) is 0.882. The second kappa shape index (κ2) is 7.32. The lowest BCUT2D eigenvalue weighted by Gasteiger charge is -2.00. The summed E-state index contributed by atoms with van der Waals surface area (Å²) in [5.74, 6) is 1.37. The Labute approximate surface area is 78.1 Å². The van der Waals surface area contributed by atoms with Crippen molar-refractivity contribution in [2.24, 2.45) is 0 Å². The summed E-state index contributed by atoms with van der Waals surface area (Å²) in [7, 11) is 1.30. The Morgan fingerprint density at radius 1 is 1.62 bits per heavy atom. The zero-order valence-electron chi connectivity index (χ0n) is 7.84. The smallest absolute Gasteiger partial charge is 0.310 e. The highest BCUT2D eigenvalue weighted by Crippen LogP contribution is 2.09. The van der Waals surface area contributed by atoms with Gasteiger partial charge in [-0.3, -0.25) is 4.79 Å². The molecule has 0 bridgehead atoms. The summed E-state index contributed by atoms with van der Waals surface area (Å²) in [6.45, 7) is 3.56. The third kappa shape index (κ3) is 5.88. The first-order valence-electron chi connectivity index (χ1n) is 4.15. The molecule has 0 unspecified atom stereocenters. The maximum atomic E-state index is 10.8. The predicted molar refractivity (Wildman–Crippen MR) is 49.9 cm³/mol. The van der Waals surface area contributed by atoms with Crippen LogP contribution in [-0.2, 0) is 14.3 Å². The van der Waals surface area contributed by atoms with Crippen molar-refractivity contribution in [2.75, 3.05) is 7.11 Å². The van der Waals surface area contributed by atoms with Crippen LogP contribution in [0.1, 0.15) is 25.7 Å². The van der Waals surface area contributed by atoms with E-state index < -0.39 is 5.97 Å². The van der Waals surface area contributed by atoms with Gasteiger partial charge in [0.15, 0.2) is 0 Å². The summed E-state index contributed by atoms with van der Waals surface area (Å²) in [5.41, 5.74) is 0.466. The van der Waals surface area contributed by atoms with Crippen molar-refractivity contribution in [3.63, 3.8) is 0 Å². The first kappa shape index (κ1) is 11.7. The predicted octanol–water partition coefficient (Wildman–Crippen LogP) is 1.66. The molecular formula is C10H14O3. The van der Waals surface area contributed by atoms with Gasteiger partial charge in [-0.2, -0.15) is 0 Å². The van der Waals surface area contributed by atoms with Crippen LogP contribution in [0.25, 0.3) is 0 Å². The van der Waals surface area contributed by atoms with Crippen LogP contribution in [0.4, 0.5) is 0 Å². The molecule has 0 fully saturated rings. The van der Waals surface area contributed by atoms with E-state index in [2.05, 4.69) is 11.3 Å². The number of hydrogen-bond acceptors (Lipinski definition) is 3. The Balaban J connectivity index is 3.84. The van der Waals surface area contributed by atoms with Crippen LogP contribution in [0, 0.1) is 0 Å². The lowest BCUT2D eigenvalue weighted by molar-refractivity contribution is -0.139. The summed E-state index contributed by atoms with van der Waals surface area (Å²) in [6, 6.07) is 0. The van der Waals surface area contributed by atoms with Gasteiger partial charge in [-0.05, 0) is 19.3 Å². The second-order valence-electron chi connectivity index (χ2n) is 2.64. The number of methoxy groups -OCH3 is 1. The SMILES string of the molecule is C=CCCCC(=C=O)CC(=O)OC. The van der Waals surface area contributed by atoms with E-state index in [1.807, 2.05) is 0 Å². The van der Waals surface area contributed by atoms with E-state index in [1.54, 1.807) is 12.0 Å². The third-order valence-electron chi connectivity index (χ3n) is 1.62. The van der Waals surface area contributed by atoms with E-state index in [9.17, 15) is 9.59 Å². The largest absolute Gasteiger partial charge is 0.469 e. The van der Waals surface area contributed by atoms with E-state index in [0.29, 0.717) is 12.0 Å². The molecule has 72 valence electrons. The van der Waals surface area contributed by atoms with E-state index in [1.165, 1.54) is 7.11 Å². The Morgan fingerprint density at radius 2 is 2.31 bits per heavy atom. The number of allylic oxidation sites excluding steroid dienone is 1. The average molecular weight is 182 g/mol. The normalized spacial score (nSPS) is 8.69. The second-order valence-corrected chi connectivity index (χ2v) is 2.64. The van der Waals surface area contributed by atoms with E-state index in [0.717, 1.165) is 12.8 Å². The van der Waals surface area contributed by atoms with Crippen molar-refractivity contribution in [2.45, 2.75) is 25.7 Å². The van der Waals surface area contributed by atoms with Gasteiger partial charge >= 0.3 is 5.97 Å². The lowest BCUT2D eigenvalue weighted by Crippen LogP contribution is -2.02. The van der Waals surface area contributed by atoms with Crippen LogP contribution >= 0.6 is 0 Å². The molecule has 3 nitrogen and oxygen atoms in total. The van der Waals surface area contributed by atoms with Crippen LogP contribution in [-0.4, -0.2) is 19.0 Å². The minimum absolute atomic E-state index is 0.0527. The topological polar surface area (TPSA) is 43.4 Å². The zero-order valence-corrected chi connectivity index (χ0v) is 7.84. The highest BCUT2D eigenvalue weighted by molar-refractivity contribution is 5.75. The van der Waals surface area contributed by atoms with Gasteiger partial charge in [-0.1, -0.05) is 6.08 Å². The van der Waals surface area contributed by atoms with Crippen LogP contribution in [0.2, 0.25) is 0 Å². The Bertz CT molecular complexity index is 224. The molecule has 0 saturated heterocycles. The van der Waals surface area contributed by atoms with Crippen molar-refractivity contribution < 1.29 is 14.3 Å². The Hall–Kier alpha value is -1.34. The zero-order chi connectivity index (χ0) is 10.1. The van der Waals surface area contributed by atoms with Crippen molar-refractivity contribution in [1.29, 1.82) is 0 Å². The van der Waals surface area contributed by atoms with Crippen LogP contribution in [0.3, 0.4) is 0 Å². The number of ether oxygens (including phenoxy) is 1. The number of esters is 1. The monoisotopic (exact) mass is 182 g/mol. The molecule has 0 aromatic carbocycles. The molecule has 0 aliphatic carbocycles. The van der Waals surface area contributed by atoms with Crippen LogP contribution < -0.4 is 0 Å². The molecule has 0 saturated carbocycles. The van der Waals surface area contributed by atoms with Gasteiger partial charge in [-0.25, -0.2) is 4.79 Å². The third-order valence-corrected chi connectivity index (χ3v) is 1.62. The summed E-state index contributed by atoms with van der Waals surface area (Å²) in [4.78, 5) is 21.1. The summed E-state index contributed by atoms with van der Waals surface area (Å²) in [6.07, 6.45) is 4.08. The molecule has 0 aliphatic rings. The van der Waals surface area contributed by atoms with Crippen LogP contribution in [0.15, 0.2) is 18.2 Å². The van der Waals surface area contributed by atoms with Gasteiger partial charge in [-0.15, -0.1) is 6.58 Å². The maximum Gasteiger partial charge on any atom is 0.310 e. The molecule has 3 heteroatoms. The number of unbranched alkanes of at least 4 members (excludes halogenated alkanes) is 1. The molecule has 0 aromatic rings. The molecule has 0 amide bonds. The van der Waals surface area contributed by atoms with Gasteiger partial charge < -0.3 is 4.74 Å². The summed E-state index contributed by atoms with van der Waals surface area (Å²) < 4.78 is 4.43. The molecule has 0 heterocycles.